The molecule has 0 aliphatic carbocycles. The van der Waals surface area contributed by atoms with Gasteiger partial charge in [-0.2, -0.15) is 5.10 Å². The minimum absolute atomic E-state index is 0.119. The van der Waals surface area contributed by atoms with Gasteiger partial charge in [0.25, 0.3) is 0 Å². The maximum atomic E-state index is 8.82. The standard InChI is InChI=1S/C7H12BClN2O2/c1-3-11-6(4-8(12)13)7(9)5(2)10-11/h12-13H,3-4H2,1-2H3. The van der Waals surface area contributed by atoms with E-state index in [4.69, 9.17) is 21.6 Å². The lowest BCUT2D eigenvalue weighted by molar-refractivity contribution is 0.402. The van der Waals surface area contributed by atoms with Crippen LogP contribution >= 0.6 is 11.6 Å². The van der Waals surface area contributed by atoms with Gasteiger partial charge in [0, 0.05) is 12.9 Å². The summed E-state index contributed by atoms with van der Waals surface area (Å²) < 4.78 is 1.68. The van der Waals surface area contributed by atoms with Crippen molar-refractivity contribution in [2.24, 2.45) is 0 Å². The van der Waals surface area contributed by atoms with Crippen molar-refractivity contribution in [2.45, 2.75) is 26.7 Å². The lowest BCUT2D eigenvalue weighted by Gasteiger charge is -2.03. The first kappa shape index (κ1) is 10.6. The van der Waals surface area contributed by atoms with Crippen molar-refractivity contribution in [3.05, 3.63) is 16.4 Å². The van der Waals surface area contributed by atoms with E-state index in [1.165, 1.54) is 0 Å². The van der Waals surface area contributed by atoms with Gasteiger partial charge in [0.05, 0.1) is 16.4 Å². The lowest BCUT2D eigenvalue weighted by atomic mass is 9.84. The number of nitrogens with zero attached hydrogens (tertiary/aromatic N) is 2. The summed E-state index contributed by atoms with van der Waals surface area (Å²) in [7, 11) is -1.38. The molecule has 1 aromatic heterocycles. The van der Waals surface area contributed by atoms with E-state index < -0.39 is 7.12 Å². The minimum Gasteiger partial charge on any atom is -0.427 e. The second kappa shape index (κ2) is 4.13. The van der Waals surface area contributed by atoms with Crippen LogP contribution in [-0.4, -0.2) is 26.9 Å². The average molecular weight is 202 g/mol. The van der Waals surface area contributed by atoms with E-state index >= 15 is 0 Å². The van der Waals surface area contributed by atoms with Crippen molar-refractivity contribution in [2.75, 3.05) is 0 Å². The predicted molar refractivity (Wildman–Crippen MR) is 51.5 cm³/mol. The SMILES string of the molecule is CCn1nc(C)c(Cl)c1CB(O)O. The molecule has 0 amide bonds. The Morgan fingerprint density at radius 1 is 1.54 bits per heavy atom. The molecular weight excluding hydrogens is 190 g/mol. The second-order valence-corrected chi connectivity index (χ2v) is 3.22. The molecule has 0 aromatic carbocycles. The van der Waals surface area contributed by atoms with E-state index in [1.54, 1.807) is 11.6 Å². The summed E-state index contributed by atoms with van der Waals surface area (Å²) in [5, 5.41) is 22.3. The van der Waals surface area contributed by atoms with Crippen molar-refractivity contribution in [1.29, 1.82) is 0 Å². The van der Waals surface area contributed by atoms with E-state index in [9.17, 15) is 0 Å². The largest absolute Gasteiger partial charge is 0.457 e. The number of hydrogen-bond acceptors (Lipinski definition) is 3. The molecule has 1 rings (SSSR count). The lowest BCUT2D eigenvalue weighted by Crippen LogP contribution is -2.18. The predicted octanol–water partition coefficient (Wildman–Crippen LogP) is 0.419. The molecule has 2 N–H and O–H groups in total. The van der Waals surface area contributed by atoms with E-state index in [-0.39, 0.29) is 6.32 Å². The van der Waals surface area contributed by atoms with Gasteiger partial charge in [0.2, 0.25) is 0 Å². The third-order valence-electron chi connectivity index (χ3n) is 1.83. The van der Waals surface area contributed by atoms with Crippen LogP contribution in [-0.2, 0) is 12.9 Å². The fraction of sp³-hybridized carbons (Fsp3) is 0.571. The van der Waals surface area contributed by atoms with Crippen LogP contribution in [0.2, 0.25) is 5.02 Å². The van der Waals surface area contributed by atoms with Crippen LogP contribution < -0.4 is 0 Å². The molecule has 0 spiro atoms. The number of rotatable bonds is 3. The van der Waals surface area contributed by atoms with Crippen LogP contribution in [0.25, 0.3) is 0 Å². The summed E-state index contributed by atoms with van der Waals surface area (Å²) in [4.78, 5) is 0. The highest BCUT2D eigenvalue weighted by Gasteiger charge is 2.17. The molecule has 0 atom stereocenters. The van der Waals surface area contributed by atoms with Gasteiger partial charge in [-0.3, -0.25) is 4.68 Å². The Morgan fingerprint density at radius 3 is 2.62 bits per heavy atom. The van der Waals surface area contributed by atoms with Gasteiger partial charge in [-0.25, -0.2) is 0 Å². The number of hydrogen-bond donors (Lipinski definition) is 2. The molecule has 0 saturated carbocycles. The topological polar surface area (TPSA) is 58.3 Å². The van der Waals surface area contributed by atoms with Crippen molar-refractivity contribution in [3.63, 3.8) is 0 Å². The monoisotopic (exact) mass is 202 g/mol. The maximum Gasteiger partial charge on any atom is 0.457 e. The molecule has 0 aliphatic heterocycles. The Balaban J connectivity index is 3.01. The average Bonchev–Trinajstić information content (AvgIpc) is 2.31. The highest BCUT2D eigenvalue weighted by molar-refractivity contribution is 6.41. The Labute approximate surface area is 82.3 Å². The highest BCUT2D eigenvalue weighted by atomic mass is 35.5. The summed E-state index contributed by atoms with van der Waals surface area (Å²) in [5.41, 5.74) is 1.40. The van der Waals surface area contributed by atoms with Gasteiger partial charge in [-0.15, -0.1) is 0 Å². The Hall–Kier alpha value is -0.515. The van der Waals surface area contributed by atoms with Crippen LogP contribution in [0.4, 0.5) is 0 Å². The van der Waals surface area contributed by atoms with Crippen LogP contribution in [0.3, 0.4) is 0 Å². The molecule has 1 aromatic rings. The van der Waals surface area contributed by atoms with E-state index in [0.717, 1.165) is 5.69 Å². The summed E-state index contributed by atoms with van der Waals surface area (Å²) in [5.74, 6) is 0. The van der Waals surface area contributed by atoms with Crippen molar-refractivity contribution >= 4 is 18.7 Å². The van der Waals surface area contributed by atoms with Crippen molar-refractivity contribution in [3.8, 4) is 0 Å². The molecule has 0 fully saturated rings. The Morgan fingerprint density at radius 2 is 2.15 bits per heavy atom. The fourth-order valence-corrected chi connectivity index (χ4v) is 1.45. The molecular formula is C7H12BClN2O2. The van der Waals surface area contributed by atoms with Gasteiger partial charge < -0.3 is 10.0 Å². The normalized spacial score (nSPS) is 10.5. The molecule has 13 heavy (non-hydrogen) atoms. The Kier molecular flexibility index (Phi) is 3.36. The van der Waals surface area contributed by atoms with E-state index in [0.29, 0.717) is 17.3 Å². The molecule has 72 valence electrons. The first-order valence-electron chi connectivity index (χ1n) is 4.14. The van der Waals surface area contributed by atoms with Gasteiger partial charge in [0.1, 0.15) is 0 Å². The first-order chi connectivity index (χ1) is 6.06. The zero-order valence-corrected chi connectivity index (χ0v) is 8.41. The fourth-order valence-electron chi connectivity index (χ4n) is 1.24. The quantitative estimate of drug-likeness (QED) is 0.699. The summed E-state index contributed by atoms with van der Waals surface area (Å²) in [6.07, 6.45) is 0.119. The minimum atomic E-state index is -1.38. The third-order valence-corrected chi connectivity index (χ3v) is 2.32. The van der Waals surface area contributed by atoms with Crippen LogP contribution in [0.1, 0.15) is 18.3 Å². The van der Waals surface area contributed by atoms with Crippen LogP contribution in [0.15, 0.2) is 0 Å². The van der Waals surface area contributed by atoms with Crippen LogP contribution in [0.5, 0.6) is 0 Å². The van der Waals surface area contributed by atoms with Crippen molar-refractivity contribution < 1.29 is 10.0 Å². The zero-order valence-electron chi connectivity index (χ0n) is 7.66. The van der Waals surface area contributed by atoms with E-state index in [1.807, 2.05) is 6.92 Å². The summed E-state index contributed by atoms with van der Waals surface area (Å²) in [6, 6.07) is 0. The highest BCUT2D eigenvalue weighted by Crippen LogP contribution is 2.20. The van der Waals surface area contributed by atoms with Gasteiger partial charge in [-0.05, 0) is 13.8 Å². The van der Waals surface area contributed by atoms with Gasteiger partial charge >= 0.3 is 7.12 Å². The molecule has 0 bridgehead atoms. The number of aryl methyl sites for hydroxylation is 2. The van der Waals surface area contributed by atoms with Crippen LogP contribution in [0, 0.1) is 6.92 Å². The molecule has 6 heteroatoms. The summed E-state index contributed by atoms with van der Waals surface area (Å²) >= 11 is 5.93. The molecule has 0 unspecified atom stereocenters. The second-order valence-electron chi connectivity index (χ2n) is 2.85. The molecule has 0 radical (unpaired) electrons. The maximum absolute atomic E-state index is 8.82. The van der Waals surface area contributed by atoms with Gasteiger partial charge in [-0.1, -0.05) is 11.6 Å². The Bertz CT molecular complexity index is 301. The summed E-state index contributed by atoms with van der Waals surface area (Å²) in [6.45, 7) is 4.40. The van der Waals surface area contributed by atoms with Gasteiger partial charge in [0.15, 0.2) is 0 Å². The molecule has 0 saturated heterocycles. The van der Waals surface area contributed by atoms with Crippen molar-refractivity contribution in [1.82, 2.24) is 9.78 Å². The molecule has 0 aliphatic rings. The molecule has 4 nitrogen and oxygen atoms in total. The molecule has 1 heterocycles. The number of halogens is 1. The zero-order chi connectivity index (χ0) is 10.0. The van der Waals surface area contributed by atoms with E-state index in [2.05, 4.69) is 5.10 Å². The smallest absolute Gasteiger partial charge is 0.427 e. The number of aromatic nitrogens is 2. The third kappa shape index (κ3) is 2.24. The first-order valence-corrected chi connectivity index (χ1v) is 4.52.